The van der Waals surface area contributed by atoms with Gasteiger partial charge in [-0.1, -0.05) is 0 Å². The van der Waals surface area contributed by atoms with Gasteiger partial charge in [0.2, 0.25) is 0 Å². The largest absolute Gasteiger partial charge is 0.324 e. The van der Waals surface area contributed by atoms with E-state index in [1.165, 1.54) is 0 Å². The molecule has 0 aliphatic carbocycles. The summed E-state index contributed by atoms with van der Waals surface area (Å²) in [4.78, 5) is 8.32. The SMILES string of the molecule is Cc1cc(Br)cnc1-n1cnc(CN)n1. The van der Waals surface area contributed by atoms with Gasteiger partial charge in [-0.05, 0) is 34.5 Å². The van der Waals surface area contributed by atoms with Gasteiger partial charge < -0.3 is 5.73 Å². The molecule has 0 aromatic carbocycles. The van der Waals surface area contributed by atoms with E-state index in [1.54, 1.807) is 17.2 Å². The summed E-state index contributed by atoms with van der Waals surface area (Å²) in [5.74, 6) is 1.38. The molecule has 0 amide bonds. The van der Waals surface area contributed by atoms with Crippen molar-refractivity contribution in [1.29, 1.82) is 0 Å². The predicted molar refractivity (Wildman–Crippen MR) is 59.5 cm³/mol. The molecule has 78 valence electrons. The quantitative estimate of drug-likeness (QED) is 0.888. The molecule has 15 heavy (non-hydrogen) atoms. The average molecular weight is 268 g/mol. The van der Waals surface area contributed by atoms with Gasteiger partial charge in [0, 0.05) is 10.7 Å². The van der Waals surface area contributed by atoms with Gasteiger partial charge in [0.25, 0.3) is 0 Å². The van der Waals surface area contributed by atoms with Crippen molar-refractivity contribution in [3.8, 4) is 5.82 Å². The number of pyridine rings is 1. The van der Waals surface area contributed by atoms with Crippen LogP contribution in [0, 0.1) is 6.92 Å². The lowest BCUT2D eigenvalue weighted by Crippen LogP contribution is -2.03. The van der Waals surface area contributed by atoms with Crippen molar-refractivity contribution in [2.75, 3.05) is 0 Å². The molecule has 0 atom stereocenters. The molecule has 2 aromatic heterocycles. The van der Waals surface area contributed by atoms with Crippen molar-refractivity contribution in [1.82, 2.24) is 19.7 Å². The molecule has 2 aromatic rings. The maximum atomic E-state index is 5.44. The third kappa shape index (κ3) is 2.05. The van der Waals surface area contributed by atoms with E-state index in [9.17, 15) is 0 Å². The zero-order valence-corrected chi connectivity index (χ0v) is 9.77. The van der Waals surface area contributed by atoms with Crippen LogP contribution in [0.3, 0.4) is 0 Å². The topological polar surface area (TPSA) is 69.6 Å². The third-order valence-electron chi connectivity index (χ3n) is 1.96. The second-order valence-electron chi connectivity index (χ2n) is 3.10. The fraction of sp³-hybridized carbons (Fsp3) is 0.222. The third-order valence-corrected chi connectivity index (χ3v) is 2.39. The lowest BCUT2D eigenvalue weighted by atomic mass is 10.3. The maximum absolute atomic E-state index is 5.44. The number of nitrogens with zero attached hydrogens (tertiary/aromatic N) is 4. The molecular formula is C9H10BrN5. The highest BCUT2D eigenvalue weighted by Gasteiger charge is 2.05. The van der Waals surface area contributed by atoms with Gasteiger partial charge in [0.15, 0.2) is 11.6 Å². The molecule has 0 saturated heterocycles. The molecule has 2 heterocycles. The van der Waals surface area contributed by atoms with Crippen LogP contribution in [0.15, 0.2) is 23.1 Å². The van der Waals surface area contributed by atoms with Crippen molar-refractivity contribution >= 4 is 15.9 Å². The maximum Gasteiger partial charge on any atom is 0.164 e. The zero-order chi connectivity index (χ0) is 10.8. The fourth-order valence-electron chi connectivity index (χ4n) is 1.27. The van der Waals surface area contributed by atoms with Gasteiger partial charge in [-0.2, -0.15) is 0 Å². The Balaban J connectivity index is 2.44. The molecule has 0 unspecified atom stereocenters. The van der Waals surface area contributed by atoms with Crippen LogP contribution in [0.4, 0.5) is 0 Å². The van der Waals surface area contributed by atoms with Gasteiger partial charge >= 0.3 is 0 Å². The zero-order valence-electron chi connectivity index (χ0n) is 8.18. The normalized spacial score (nSPS) is 10.6. The fourth-order valence-corrected chi connectivity index (χ4v) is 1.71. The molecule has 6 heteroatoms. The molecule has 0 spiro atoms. The number of hydrogen-bond donors (Lipinski definition) is 1. The van der Waals surface area contributed by atoms with Gasteiger partial charge in [0.1, 0.15) is 6.33 Å². The van der Waals surface area contributed by atoms with Gasteiger partial charge in [-0.15, -0.1) is 5.10 Å². The Hall–Kier alpha value is -1.27. The van der Waals surface area contributed by atoms with Crippen LogP contribution in [-0.2, 0) is 6.54 Å². The van der Waals surface area contributed by atoms with Crippen molar-refractivity contribution in [2.24, 2.45) is 5.73 Å². The van der Waals surface area contributed by atoms with Gasteiger partial charge in [0.05, 0.1) is 6.54 Å². The van der Waals surface area contributed by atoms with Crippen molar-refractivity contribution in [3.05, 3.63) is 34.5 Å². The molecule has 0 aliphatic rings. The van der Waals surface area contributed by atoms with Gasteiger partial charge in [-0.3, -0.25) is 0 Å². The number of nitrogens with two attached hydrogens (primary N) is 1. The van der Waals surface area contributed by atoms with Crippen LogP contribution in [0.25, 0.3) is 5.82 Å². The first-order chi connectivity index (χ1) is 7.20. The highest BCUT2D eigenvalue weighted by atomic mass is 79.9. The molecule has 0 radical (unpaired) electrons. The summed E-state index contributed by atoms with van der Waals surface area (Å²) in [7, 11) is 0. The van der Waals surface area contributed by atoms with E-state index in [2.05, 4.69) is 31.0 Å². The summed E-state index contributed by atoms with van der Waals surface area (Å²) in [6.45, 7) is 2.31. The molecular weight excluding hydrogens is 258 g/mol. The van der Waals surface area contributed by atoms with E-state index in [-0.39, 0.29) is 0 Å². The lowest BCUT2D eigenvalue weighted by Gasteiger charge is -2.03. The average Bonchev–Trinajstić information content (AvgIpc) is 2.66. The highest BCUT2D eigenvalue weighted by molar-refractivity contribution is 9.10. The minimum atomic E-state index is 0.336. The summed E-state index contributed by atoms with van der Waals surface area (Å²) in [6.07, 6.45) is 3.34. The summed E-state index contributed by atoms with van der Waals surface area (Å²) >= 11 is 3.36. The van der Waals surface area contributed by atoms with Crippen LogP contribution < -0.4 is 5.73 Å². The van der Waals surface area contributed by atoms with Crippen LogP contribution in [0.1, 0.15) is 11.4 Å². The van der Waals surface area contributed by atoms with E-state index in [4.69, 9.17) is 5.73 Å². The molecule has 5 nitrogen and oxygen atoms in total. The Morgan fingerprint density at radius 2 is 2.27 bits per heavy atom. The van der Waals surface area contributed by atoms with E-state index in [1.807, 2.05) is 13.0 Å². The van der Waals surface area contributed by atoms with Crippen molar-refractivity contribution < 1.29 is 0 Å². The summed E-state index contributed by atoms with van der Waals surface area (Å²) < 4.78 is 2.58. The Morgan fingerprint density at radius 3 is 2.87 bits per heavy atom. The Bertz CT molecular complexity index is 479. The first kappa shape index (κ1) is 10.3. The van der Waals surface area contributed by atoms with E-state index >= 15 is 0 Å². The van der Waals surface area contributed by atoms with Crippen LogP contribution in [-0.4, -0.2) is 19.7 Å². The highest BCUT2D eigenvalue weighted by Crippen LogP contribution is 2.15. The van der Waals surface area contributed by atoms with E-state index < -0.39 is 0 Å². The van der Waals surface area contributed by atoms with Crippen molar-refractivity contribution in [2.45, 2.75) is 13.5 Å². The first-order valence-electron chi connectivity index (χ1n) is 4.44. The minimum absolute atomic E-state index is 0.336. The number of aryl methyl sites for hydroxylation is 1. The molecule has 0 fully saturated rings. The Morgan fingerprint density at radius 1 is 1.47 bits per heavy atom. The number of halogens is 1. The smallest absolute Gasteiger partial charge is 0.164 e. The van der Waals surface area contributed by atoms with Crippen LogP contribution >= 0.6 is 15.9 Å². The van der Waals surface area contributed by atoms with Crippen LogP contribution in [0.2, 0.25) is 0 Å². The Kier molecular flexibility index (Phi) is 2.79. The number of rotatable bonds is 2. The minimum Gasteiger partial charge on any atom is -0.324 e. The summed E-state index contributed by atoms with van der Waals surface area (Å²) in [5.41, 5.74) is 6.46. The van der Waals surface area contributed by atoms with E-state index in [0.717, 1.165) is 15.9 Å². The standard InChI is InChI=1S/C9H10BrN5/c1-6-2-7(10)4-12-9(6)15-5-13-8(3-11)14-15/h2,4-5H,3,11H2,1H3. The second kappa shape index (κ2) is 4.08. The lowest BCUT2D eigenvalue weighted by molar-refractivity contribution is 0.802. The second-order valence-corrected chi connectivity index (χ2v) is 4.02. The molecule has 0 saturated carbocycles. The van der Waals surface area contributed by atoms with E-state index in [0.29, 0.717) is 12.4 Å². The van der Waals surface area contributed by atoms with Crippen molar-refractivity contribution in [3.63, 3.8) is 0 Å². The van der Waals surface area contributed by atoms with Crippen LogP contribution in [0.5, 0.6) is 0 Å². The molecule has 2 rings (SSSR count). The number of aromatic nitrogens is 4. The van der Waals surface area contributed by atoms with Gasteiger partial charge in [-0.25, -0.2) is 14.6 Å². The summed E-state index contributed by atoms with van der Waals surface area (Å²) in [6, 6.07) is 1.98. The Labute approximate surface area is 95.5 Å². The molecule has 0 aliphatic heterocycles. The molecule has 2 N–H and O–H groups in total. The monoisotopic (exact) mass is 267 g/mol. The number of hydrogen-bond acceptors (Lipinski definition) is 4. The predicted octanol–water partition coefficient (Wildman–Crippen LogP) is 1.19. The first-order valence-corrected chi connectivity index (χ1v) is 5.23. The molecule has 0 bridgehead atoms. The summed E-state index contributed by atoms with van der Waals surface area (Å²) in [5, 5.41) is 4.19.